The predicted octanol–water partition coefficient (Wildman–Crippen LogP) is 2.52. The molecule has 0 atom stereocenters. The number of amidine groups is 2. The first-order valence-electron chi connectivity index (χ1n) is 7.90. The maximum absolute atomic E-state index is 11.2. The Bertz CT molecular complexity index is 946. The number of aldehydes is 1. The molecule has 2 N–H and O–H groups in total. The van der Waals surface area contributed by atoms with Gasteiger partial charge in [0.15, 0.2) is 11.7 Å². The average Bonchev–Trinajstić information content (AvgIpc) is 2.66. The van der Waals surface area contributed by atoms with Crippen molar-refractivity contribution in [2.45, 2.75) is 6.92 Å². The van der Waals surface area contributed by atoms with Crippen LogP contribution < -0.4 is 10.1 Å². The van der Waals surface area contributed by atoms with E-state index in [0.29, 0.717) is 22.7 Å². The molecule has 0 bridgehead atoms. The lowest BCUT2D eigenvalue weighted by Crippen LogP contribution is -2.26. The molecule has 3 rings (SSSR count). The Labute approximate surface area is 150 Å². The van der Waals surface area contributed by atoms with Crippen LogP contribution in [0.1, 0.15) is 21.5 Å². The molecule has 1 aliphatic rings. The molecule has 0 fully saturated rings. The molecule has 130 valence electrons. The third-order valence-electron chi connectivity index (χ3n) is 3.73. The summed E-state index contributed by atoms with van der Waals surface area (Å²) in [4.78, 5) is 23.8. The molecular formula is C19H17N5O2. The number of hydrogen-bond acceptors (Lipinski definition) is 6. The standard InChI is InChI=1S/C19H17N5O2/c1-12-3-4-15(9-14(12)11-25)26-19-16(10-21-2)17(20)23-18(24-19)13-5-7-22-8-6-13/h3-11,20-21H,1-2H3/b16-10+,20-17?. The minimum absolute atomic E-state index is 0.0267. The van der Waals surface area contributed by atoms with Crippen LogP contribution in [0.3, 0.4) is 0 Å². The molecule has 2 aromatic rings. The Morgan fingerprint density at radius 2 is 1.92 bits per heavy atom. The maximum Gasteiger partial charge on any atom is 0.233 e. The van der Waals surface area contributed by atoms with Crippen molar-refractivity contribution in [1.82, 2.24) is 10.3 Å². The Morgan fingerprint density at radius 1 is 1.15 bits per heavy atom. The van der Waals surface area contributed by atoms with Gasteiger partial charge in [-0.15, -0.1) is 0 Å². The summed E-state index contributed by atoms with van der Waals surface area (Å²) in [5, 5.41) is 11.1. The van der Waals surface area contributed by atoms with Crippen LogP contribution >= 0.6 is 0 Å². The van der Waals surface area contributed by atoms with Gasteiger partial charge in [-0.25, -0.2) is 4.99 Å². The van der Waals surface area contributed by atoms with E-state index in [1.165, 1.54) is 0 Å². The Kier molecular flexibility index (Phi) is 4.98. The summed E-state index contributed by atoms with van der Waals surface area (Å²) < 4.78 is 5.89. The van der Waals surface area contributed by atoms with Gasteiger partial charge in [-0.2, -0.15) is 4.99 Å². The van der Waals surface area contributed by atoms with Crippen molar-refractivity contribution in [2.24, 2.45) is 9.98 Å². The van der Waals surface area contributed by atoms with E-state index in [9.17, 15) is 4.79 Å². The van der Waals surface area contributed by atoms with Gasteiger partial charge in [0.2, 0.25) is 5.90 Å². The van der Waals surface area contributed by atoms with E-state index in [1.807, 2.05) is 6.92 Å². The van der Waals surface area contributed by atoms with Crippen LogP contribution in [0.2, 0.25) is 0 Å². The predicted molar refractivity (Wildman–Crippen MR) is 100 cm³/mol. The van der Waals surface area contributed by atoms with Crippen LogP contribution in [0.15, 0.2) is 64.5 Å². The molecule has 0 spiro atoms. The molecule has 2 heterocycles. The lowest BCUT2D eigenvalue weighted by Gasteiger charge is -2.17. The van der Waals surface area contributed by atoms with Crippen LogP contribution in [-0.4, -0.2) is 35.9 Å². The maximum atomic E-state index is 11.2. The van der Waals surface area contributed by atoms with Gasteiger partial charge in [0, 0.05) is 36.8 Å². The number of nitrogens with zero attached hydrogens (tertiary/aromatic N) is 3. The summed E-state index contributed by atoms with van der Waals surface area (Å²) in [5.41, 5.74) is 2.54. The van der Waals surface area contributed by atoms with Crippen molar-refractivity contribution in [1.29, 1.82) is 5.41 Å². The van der Waals surface area contributed by atoms with Crippen molar-refractivity contribution in [3.05, 3.63) is 71.2 Å². The topological polar surface area (TPSA) is 99.8 Å². The second-order valence-electron chi connectivity index (χ2n) is 5.52. The van der Waals surface area contributed by atoms with Crippen LogP contribution in [-0.2, 0) is 0 Å². The number of ether oxygens (including phenoxy) is 1. The third kappa shape index (κ3) is 3.56. The van der Waals surface area contributed by atoms with Crippen molar-refractivity contribution < 1.29 is 9.53 Å². The normalized spacial score (nSPS) is 15.3. The van der Waals surface area contributed by atoms with E-state index >= 15 is 0 Å². The third-order valence-corrected chi connectivity index (χ3v) is 3.73. The number of nitrogens with one attached hydrogen (secondary N) is 2. The summed E-state index contributed by atoms with van der Waals surface area (Å²) in [7, 11) is 1.72. The fourth-order valence-corrected chi connectivity index (χ4v) is 2.35. The largest absolute Gasteiger partial charge is 0.438 e. The minimum Gasteiger partial charge on any atom is -0.438 e. The zero-order valence-electron chi connectivity index (χ0n) is 14.4. The van der Waals surface area contributed by atoms with Gasteiger partial charge < -0.3 is 10.1 Å². The first kappa shape index (κ1) is 17.2. The van der Waals surface area contributed by atoms with E-state index < -0.39 is 0 Å². The van der Waals surface area contributed by atoms with Gasteiger partial charge in [0.25, 0.3) is 0 Å². The molecule has 0 saturated heterocycles. The molecule has 7 heteroatoms. The monoisotopic (exact) mass is 347 g/mol. The summed E-state index contributed by atoms with van der Waals surface area (Å²) in [5.74, 6) is 1.08. The second kappa shape index (κ2) is 7.52. The first-order chi connectivity index (χ1) is 12.6. The quantitative estimate of drug-likeness (QED) is 0.830. The van der Waals surface area contributed by atoms with Crippen LogP contribution in [0.5, 0.6) is 5.75 Å². The lowest BCUT2D eigenvalue weighted by molar-refractivity contribution is 0.112. The van der Waals surface area contributed by atoms with Gasteiger partial charge in [0.1, 0.15) is 12.0 Å². The van der Waals surface area contributed by atoms with Gasteiger partial charge in [-0.3, -0.25) is 15.2 Å². The van der Waals surface area contributed by atoms with E-state index in [1.54, 1.807) is 56.0 Å². The van der Waals surface area contributed by atoms with Crippen molar-refractivity contribution >= 4 is 23.9 Å². The Morgan fingerprint density at radius 3 is 2.62 bits per heavy atom. The van der Waals surface area contributed by atoms with Crippen molar-refractivity contribution in [3.8, 4) is 5.75 Å². The number of carbonyl (C=O) groups excluding carboxylic acids is 1. The SMILES string of the molecule is CN/C=C1\C(=N)N=C(c2ccncc2)N=C1Oc1ccc(C)c(C=O)c1. The molecule has 0 saturated carbocycles. The van der Waals surface area contributed by atoms with Gasteiger partial charge in [-0.1, -0.05) is 6.07 Å². The van der Waals surface area contributed by atoms with Gasteiger partial charge in [-0.05, 0) is 36.8 Å². The molecule has 0 unspecified atom stereocenters. The number of benzene rings is 1. The summed E-state index contributed by atoms with van der Waals surface area (Å²) in [6.45, 7) is 1.85. The highest BCUT2D eigenvalue weighted by Gasteiger charge is 2.22. The van der Waals surface area contributed by atoms with E-state index in [0.717, 1.165) is 17.4 Å². The average molecular weight is 347 g/mol. The number of aromatic nitrogens is 1. The molecule has 1 aliphatic heterocycles. The number of pyridine rings is 1. The number of hydrogen-bond donors (Lipinski definition) is 2. The van der Waals surface area contributed by atoms with Crippen molar-refractivity contribution in [2.75, 3.05) is 7.05 Å². The molecule has 26 heavy (non-hydrogen) atoms. The Balaban J connectivity index is 2.01. The zero-order chi connectivity index (χ0) is 18.5. The van der Waals surface area contributed by atoms with Gasteiger partial charge >= 0.3 is 0 Å². The van der Waals surface area contributed by atoms with E-state index in [2.05, 4.69) is 20.3 Å². The summed E-state index contributed by atoms with van der Waals surface area (Å²) >= 11 is 0. The fraction of sp³-hybridized carbons (Fsp3) is 0.105. The number of carbonyl (C=O) groups is 1. The van der Waals surface area contributed by atoms with E-state index in [4.69, 9.17) is 10.1 Å². The Hall–Kier alpha value is -3.61. The zero-order valence-corrected chi connectivity index (χ0v) is 14.4. The second-order valence-corrected chi connectivity index (χ2v) is 5.52. The molecule has 1 aromatic heterocycles. The van der Waals surface area contributed by atoms with Crippen LogP contribution in [0.25, 0.3) is 0 Å². The first-order valence-corrected chi connectivity index (χ1v) is 7.90. The lowest BCUT2D eigenvalue weighted by atomic mass is 10.1. The summed E-state index contributed by atoms with van der Waals surface area (Å²) in [6, 6.07) is 8.71. The fourth-order valence-electron chi connectivity index (χ4n) is 2.35. The van der Waals surface area contributed by atoms with E-state index in [-0.39, 0.29) is 11.7 Å². The number of aryl methyl sites for hydroxylation is 1. The van der Waals surface area contributed by atoms with Crippen LogP contribution in [0.4, 0.5) is 0 Å². The highest BCUT2D eigenvalue weighted by molar-refractivity contribution is 6.30. The molecular weight excluding hydrogens is 330 g/mol. The van der Waals surface area contributed by atoms with Crippen LogP contribution in [0, 0.1) is 12.3 Å². The smallest absolute Gasteiger partial charge is 0.233 e. The number of rotatable bonds is 4. The van der Waals surface area contributed by atoms with Crippen molar-refractivity contribution in [3.63, 3.8) is 0 Å². The summed E-state index contributed by atoms with van der Waals surface area (Å²) in [6.07, 6.45) is 5.64. The number of aliphatic imine (C=N–C) groups is 2. The van der Waals surface area contributed by atoms with Gasteiger partial charge in [0.05, 0.1) is 5.57 Å². The highest BCUT2D eigenvalue weighted by Crippen LogP contribution is 2.20. The highest BCUT2D eigenvalue weighted by atomic mass is 16.5. The minimum atomic E-state index is 0.0267. The molecule has 0 amide bonds. The molecule has 7 nitrogen and oxygen atoms in total. The molecule has 0 radical (unpaired) electrons. The molecule has 0 aliphatic carbocycles. The molecule has 1 aromatic carbocycles.